The van der Waals surface area contributed by atoms with Crippen LogP contribution < -0.4 is 5.32 Å². The Kier molecular flexibility index (Phi) is 4.88. The van der Waals surface area contributed by atoms with Crippen LogP contribution >= 0.6 is 0 Å². The second-order valence-electron chi connectivity index (χ2n) is 5.91. The van der Waals surface area contributed by atoms with Crippen molar-refractivity contribution in [1.29, 1.82) is 0 Å². The van der Waals surface area contributed by atoms with Crippen molar-refractivity contribution in [1.82, 2.24) is 9.55 Å². The molecule has 0 fully saturated rings. The molecule has 0 unspecified atom stereocenters. The quantitative estimate of drug-likeness (QED) is 0.829. The zero-order valence-corrected chi connectivity index (χ0v) is 12.9. The Morgan fingerprint density at radius 1 is 1.18 bits per heavy atom. The molecule has 116 valence electrons. The molecule has 1 N–H and O–H groups in total. The molecule has 1 aromatic heterocycles. The first-order valence-electron chi connectivity index (χ1n) is 8.21. The van der Waals surface area contributed by atoms with Crippen molar-refractivity contribution in [2.75, 3.05) is 5.32 Å². The molecular weight excluding hydrogens is 274 g/mol. The van der Waals surface area contributed by atoms with Crippen LogP contribution in [0.4, 0.5) is 5.82 Å². The fourth-order valence-electron chi connectivity index (χ4n) is 2.98. The van der Waals surface area contributed by atoms with Crippen LogP contribution in [0.5, 0.6) is 0 Å². The third-order valence-corrected chi connectivity index (χ3v) is 4.20. The van der Waals surface area contributed by atoms with Crippen molar-refractivity contribution in [2.24, 2.45) is 0 Å². The molecule has 3 rings (SSSR count). The maximum atomic E-state index is 12.1. The Balaban J connectivity index is 1.42. The van der Waals surface area contributed by atoms with E-state index >= 15 is 0 Å². The summed E-state index contributed by atoms with van der Waals surface area (Å²) in [6, 6.07) is 10.4. The van der Waals surface area contributed by atoms with E-state index in [0.29, 0.717) is 6.42 Å². The SMILES string of the molecule is O=C(CCCCc1ccccc1)Nc1cnc2n1CCCC2. The number of nitrogens with one attached hydrogen (secondary N) is 1. The van der Waals surface area contributed by atoms with E-state index in [-0.39, 0.29) is 5.91 Å². The number of hydrogen-bond donors (Lipinski definition) is 1. The molecule has 0 saturated carbocycles. The molecule has 0 aliphatic carbocycles. The van der Waals surface area contributed by atoms with E-state index in [4.69, 9.17) is 0 Å². The van der Waals surface area contributed by atoms with Gasteiger partial charge < -0.3 is 9.88 Å². The van der Waals surface area contributed by atoms with Gasteiger partial charge in [-0.1, -0.05) is 30.3 Å². The lowest BCUT2D eigenvalue weighted by molar-refractivity contribution is -0.116. The largest absolute Gasteiger partial charge is 0.315 e. The number of nitrogens with zero attached hydrogens (tertiary/aromatic N) is 2. The van der Waals surface area contributed by atoms with Crippen molar-refractivity contribution in [2.45, 2.75) is 51.5 Å². The van der Waals surface area contributed by atoms with E-state index in [1.54, 1.807) is 6.20 Å². The van der Waals surface area contributed by atoms with Gasteiger partial charge in [0.15, 0.2) is 0 Å². The summed E-state index contributed by atoms with van der Waals surface area (Å²) in [6.45, 7) is 0.971. The average Bonchev–Trinajstić information content (AvgIpc) is 2.96. The molecule has 0 bridgehead atoms. The van der Waals surface area contributed by atoms with Gasteiger partial charge in [-0.15, -0.1) is 0 Å². The van der Waals surface area contributed by atoms with Crippen LogP contribution in [0.2, 0.25) is 0 Å². The molecule has 4 heteroatoms. The highest BCUT2D eigenvalue weighted by atomic mass is 16.1. The van der Waals surface area contributed by atoms with E-state index < -0.39 is 0 Å². The number of hydrogen-bond acceptors (Lipinski definition) is 2. The smallest absolute Gasteiger partial charge is 0.225 e. The summed E-state index contributed by atoms with van der Waals surface area (Å²) in [6.07, 6.45) is 8.76. The average molecular weight is 297 g/mol. The number of carbonyl (C=O) groups excluding carboxylic acids is 1. The molecule has 0 radical (unpaired) electrons. The molecule has 0 spiro atoms. The molecule has 2 aromatic rings. The fraction of sp³-hybridized carbons (Fsp3) is 0.444. The van der Waals surface area contributed by atoms with Gasteiger partial charge in [0.25, 0.3) is 0 Å². The van der Waals surface area contributed by atoms with E-state index in [9.17, 15) is 4.79 Å². The van der Waals surface area contributed by atoms with Crippen LogP contribution in [-0.2, 0) is 24.2 Å². The van der Waals surface area contributed by atoms with Crippen LogP contribution in [0.25, 0.3) is 0 Å². The highest BCUT2D eigenvalue weighted by Crippen LogP contribution is 2.19. The number of imidazole rings is 1. The van der Waals surface area contributed by atoms with Crippen molar-refractivity contribution < 1.29 is 4.79 Å². The van der Waals surface area contributed by atoms with Gasteiger partial charge in [0.05, 0.1) is 6.20 Å². The summed E-state index contributed by atoms with van der Waals surface area (Å²) in [5.41, 5.74) is 1.34. The van der Waals surface area contributed by atoms with Gasteiger partial charge in [0.1, 0.15) is 11.6 Å². The summed E-state index contributed by atoms with van der Waals surface area (Å²) < 4.78 is 2.14. The number of anilines is 1. The zero-order chi connectivity index (χ0) is 15.2. The third-order valence-electron chi connectivity index (χ3n) is 4.20. The minimum absolute atomic E-state index is 0.0985. The summed E-state index contributed by atoms with van der Waals surface area (Å²) >= 11 is 0. The highest BCUT2D eigenvalue weighted by molar-refractivity contribution is 5.89. The number of benzene rings is 1. The topological polar surface area (TPSA) is 46.9 Å². The highest BCUT2D eigenvalue weighted by Gasteiger charge is 2.15. The summed E-state index contributed by atoms with van der Waals surface area (Å²) in [7, 11) is 0. The van der Waals surface area contributed by atoms with Crippen LogP contribution in [-0.4, -0.2) is 15.5 Å². The molecule has 2 heterocycles. The predicted molar refractivity (Wildman–Crippen MR) is 87.8 cm³/mol. The van der Waals surface area contributed by atoms with Crippen LogP contribution in [0, 0.1) is 0 Å². The molecule has 1 amide bonds. The number of unbranched alkanes of at least 4 members (excludes halogenated alkanes) is 1. The third kappa shape index (κ3) is 3.75. The molecular formula is C18H23N3O. The Labute approximate surface area is 131 Å². The normalized spacial score (nSPS) is 13.6. The Bertz CT molecular complexity index is 619. The van der Waals surface area contributed by atoms with Gasteiger partial charge in [-0.3, -0.25) is 4.79 Å². The lowest BCUT2D eigenvalue weighted by Crippen LogP contribution is -2.18. The number of aryl methyl sites for hydroxylation is 2. The van der Waals surface area contributed by atoms with Crippen molar-refractivity contribution >= 4 is 11.7 Å². The Hall–Kier alpha value is -2.10. The van der Waals surface area contributed by atoms with E-state index in [1.165, 1.54) is 18.4 Å². The van der Waals surface area contributed by atoms with Gasteiger partial charge in [-0.05, 0) is 37.7 Å². The number of amides is 1. The van der Waals surface area contributed by atoms with E-state index in [1.807, 2.05) is 6.07 Å². The first-order chi connectivity index (χ1) is 10.8. The minimum Gasteiger partial charge on any atom is -0.315 e. The summed E-state index contributed by atoms with van der Waals surface area (Å²) in [4.78, 5) is 16.4. The maximum absolute atomic E-state index is 12.1. The first-order valence-corrected chi connectivity index (χ1v) is 8.21. The Morgan fingerprint density at radius 3 is 2.91 bits per heavy atom. The summed E-state index contributed by atoms with van der Waals surface area (Å²) in [5.74, 6) is 2.06. The maximum Gasteiger partial charge on any atom is 0.225 e. The van der Waals surface area contributed by atoms with Gasteiger partial charge >= 0.3 is 0 Å². The van der Waals surface area contributed by atoms with Crippen molar-refractivity contribution in [3.8, 4) is 0 Å². The minimum atomic E-state index is 0.0985. The fourth-order valence-corrected chi connectivity index (χ4v) is 2.98. The van der Waals surface area contributed by atoms with Crippen molar-refractivity contribution in [3.05, 3.63) is 47.9 Å². The molecule has 0 atom stereocenters. The summed E-state index contributed by atoms with van der Waals surface area (Å²) in [5, 5.41) is 3.01. The van der Waals surface area contributed by atoms with Crippen LogP contribution in [0.3, 0.4) is 0 Å². The molecule has 22 heavy (non-hydrogen) atoms. The number of carbonyl (C=O) groups is 1. The Morgan fingerprint density at radius 2 is 2.05 bits per heavy atom. The van der Waals surface area contributed by atoms with Crippen LogP contribution in [0.1, 0.15) is 43.5 Å². The van der Waals surface area contributed by atoms with Gasteiger partial charge in [0, 0.05) is 19.4 Å². The zero-order valence-electron chi connectivity index (χ0n) is 12.9. The molecule has 0 saturated heterocycles. The molecule has 4 nitrogen and oxygen atoms in total. The second-order valence-corrected chi connectivity index (χ2v) is 5.91. The van der Waals surface area contributed by atoms with E-state index in [0.717, 1.165) is 43.9 Å². The number of aromatic nitrogens is 2. The number of fused-ring (bicyclic) bond motifs is 1. The second kappa shape index (κ2) is 7.25. The van der Waals surface area contributed by atoms with E-state index in [2.05, 4.69) is 39.1 Å². The standard InChI is InChI=1S/C18H23N3O/c22-18(12-5-4-10-15-8-2-1-3-9-15)20-17-14-19-16-11-6-7-13-21(16)17/h1-3,8-9,14H,4-7,10-13H2,(H,20,22). The monoisotopic (exact) mass is 297 g/mol. The molecule has 1 aromatic carbocycles. The lowest BCUT2D eigenvalue weighted by atomic mass is 10.1. The lowest BCUT2D eigenvalue weighted by Gasteiger charge is -2.16. The van der Waals surface area contributed by atoms with Gasteiger partial charge in [-0.25, -0.2) is 4.98 Å². The first kappa shape index (κ1) is 14.8. The van der Waals surface area contributed by atoms with Gasteiger partial charge in [0.2, 0.25) is 5.91 Å². The predicted octanol–water partition coefficient (Wildman–Crippen LogP) is 3.57. The molecule has 1 aliphatic heterocycles. The number of rotatable bonds is 6. The van der Waals surface area contributed by atoms with Crippen LogP contribution in [0.15, 0.2) is 36.5 Å². The van der Waals surface area contributed by atoms with Gasteiger partial charge in [-0.2, -0.15) is 0 Å². The van der Waals surface area contributed by atoms with Crippen molar-refractivity contribution in [3.63, 3.8) is 0 Å². The molecule has 1 aliphatic rings.